The highest BCUT2D eigenvalue weighted by molar-refractivity contribution is 5.82. The van der Waals surface area contributed by atoms with Gasteiger partial charge >= 0.3 is 0 Å². The number of aromatic nitrogens is 4. The van der Waals surface area contributed by atoms with Gasteiger partial charge < -0.3 is 4.90 Å². The van der Waals surface area contributed by atoms with Gasteiger partial charge in [-0.25, -0.2) is 4.68 Å². The first-order valence-electron chi connectivity index (χ1n) is 6.26. The van der Waals surface area contributed by atoms with Crippen molar-refractivity contribution in [2.75, 3.05) is 13.6 Å². The van der Waals surface area contributed by atoms with Gasteiger partial charge in [0, 0.05) is 19.3 Å². The molecule has 3 rings (SSSR count). The molecule has 2 aromatic heterocycles. The highest BCUT2D eigenvalue weighted by Gasteiger charge is 2.31. The molecule has 2 aromatic rings. The molecule has 1 fully saturated rings. The largest absolute Gasteiger partial charge is 0.344 e. The summed E-state index contributed by atoms with van der Waals surface area (Å²) in [5, 5.41) is 8.18. The smallest absolute Gasteiger partial charge is 0.247 e. The van der Waals surface area contributed by atoms with Crippen LogP contribution < -0.4 is 0 Å². The molecule has 0 bridgehead atoms. The van der Waals surface area contributed by atoms with Crippen LogP contribution in [0, 0.1) is 6.92 Å². The number of amides is 1. The summed E-state index contributed by atoms with van der Waals surface area (Å²) < 4.78 is 1.64. The molecule has 98 valence electrons. The van der Waals surface area contributed by atoms with Crippen LogP contribution in [0.1, 0.15) is 18.2 Å². The van der Waals surface area contributed by atoms with Crippen molar-refractivity contribution in [1.82, 2.24) is 24.9 Å². The van der Waals surface area contributed by atoms with Gasteiger partial charge in [-0.05, 0) is 25.5 Å². The molecule has 1 unspecified atom stereocenters. The molecular weight excluding hydrogens is 242 g/mol. The van der Waals surface area contributed by atoms with E-state index in [1.807, 2.05) is 32.2 Å². The summed E-state index contributed by atoms with van der Waals surface area (Å²) in [5.41, 5.74) is 2.42. The van der Waals surface area contributed by atoms with Gasteiger partial charge in [-0.2, -0.15) is 0 Å². The predicted molar refractivity (Wildman–Crippen MR) is 69.3 cm³/mol. The molecule has 0 radical (unpaired) electrons. The lowest BCUT2D eigenvalue weighted by Crippen LogP contribution is -2.24. The minimum Gasteiger partial charge on any atom is -0.344 e. The average Bonchev–Trinajstić information content (AvgIpc) is 2.98. The number of carbonyl (C=O) groups excluding carboxylic acids is 1. The van der Waals surface area contributed by atoms with Gasteiger partial charge in [0.2, 0.25) is 5.91 Å². The molecule has 0 N–H and O–H groups in total. The minimum absolute atomic E-state index is 0.0913. The van der Waals surface area contributed by atoms with Crippen LogP contribution in [-0.4, -0.2) is 44.4 Å². The van der Waals surface area contributed by atoms with Crippen LogP contribution in [0.15, 0.2) is 24.4 Å². The van der Waals surface area contributed by atoms with Crippen molar-refractivity contribution < 1.29 is 4.79 Å². The van der Waals surface area contributed by atoms with E-state index in [1.54, 1.807) is 15.8 Å². The van der Waals surface area contributed by atoms with Crippen LogP contribution in [0.25, 0.3) is 11.4 Å². The number of nitrogens with zero attached hydrogens (tertiary/aromatic N) is 5. The lowest BCUT2D eigenvalue weighted by molar-refractivity contribution is -0.129. The van der Waals surface area contributed by atoms with Gasteiger partial charge in [-0.1, -0.05) is 11.3 Å². The van der Waals surface area contributed by atoms with Crippen molar-refractivity contribution in [1.29, 1.82) is 0 Å². The van der Waals surface area contributed by atoms with Crippen molar-refractivity contribution in [2.24, 2.45) is 0 Å². The number of aryl methyl sites for hydroxylation is 1. The third-order valence-corrected chi connectivity index (χ3v) is 3.38. The molecule has 6 heteroatoms. The van der Waals surface area contributed by atoms with Crippen molar-refractivity contribution in [3.63, 3.8) is 0 Å². The van der Waals surface area contributed by atoms with Crippen LogP contribution in [0.5, 0.6) is 0 Å². The molecule has 0 saturated carbocycles. The zero-order valence-electron chi connectivity index (χ0n) is 10.9. The third kappa shape index (κ3) is 2.09. The zero-order chi connectivity index (χ0) is 13.4. The Bertz CT molecular complexity index is 621. The molecule has 1 aliphatic rings. The van der Waals surface area contributed by atoms with E-state index < -0.39 is 0 Å². The maximum absolute atomic E-state index is 11.9. The standard InChI is InChI=1S/C13H15N5O/c1-9-4-3-5-10(14-9)11-8-18(16-15-11)12-6-7-17(2)13(12)19/h3-5,8,12H,6-7H2,1-2H3. The number of likely N-dealkylation sites (tertiary alicyclic amines) is 1. The summed E-state index contributed by atoms with van der Waals surface area (Å²) in [5.74, 6) is 0.0913. The third-order valence-electron chi connectivity index (χ3n) is 3.38. The molecule has 6 nitrogen and oxygen atoms in total. The number of hydrogen-bond donors (Lipinski definition) is 0. The zero-order valence-corrected chi connectivity index (χ0v) is 10.9. The maximum atomic E-state index is 11.9. The Kier molecular flexibility index (Phi) is 2.77. The summed E-state index contributed by atoms with van der Waals surface area (Å²) >= 11 is 0. The fourth-order valence-electron chi connectivity index (χ4n) is 2.28. The van der Waals surface area contributed by atoms with Crippen LogP contribution in [-0.2, 0) is 4.79 Å². The second-order valence-electron chi connectivity index (χ2n) is 4.81. The summed E-state index contributed by atoms with van der Waals surface area (Å²) in [6.07, 6.45) is 2.57. The summed E-state index contributed by atoms with van der Waals surface area (Å²) in [6.45, 7) is 2.70. The Morgan fingerprint density at radius 2 is 2.16 bits per heavy atom. The fraction of sp³-hybridized carbons (Fsp3) is 0.385. The first-order chi connectivity index (χ1) is 9.15. The van der Waals surface area contributed by atoms with Gasteiger partial charge in [-0.3, -0.25) is 9.78 Å². The summed E-state index contributed by atoms with van der Waals surface area (Å²) in [6, 6.07) is 5.54. The van der Waals surface area contributed by atoms with E-state index in [0.717, 1.165) is 24.4 Å². The van der Waals surface area contributed by atoms with Crippen LogP contribution in [0.2, 0.25) is 0 Å². The molecule has 19 heavy (non-hydrogen) atoms. The normalized spacial score (nSPS) is 19.2. The van der Waals surface area contributed by atoms with Gasteiger partial charge in [-0.15, -0.1) is 5.10 Å². The number of likely N-dealkylation sites (N-methyl/N-ethyl adjacent to an activating group) is 1. The van der Waals surface area contributed by atoms with E-state index in [1.165, 1.54) is 0 Å². The molecule has 1 aliphatic heterocycles. The quantitative estimate of drug-likeness (QED) is 0.806. The van der Waals surface area contributed by atoms with E-state index in [-0.39, 0.29) is 11.9 Å². The number of pyridine rings is 1. The van der Waals surface area contributed by atoms with Crippen molar-refractivity contribution in [2.45, 2.75) is 19.4 Å². The number of carbonyl (C=O) groups is 1. The number of rotatable bonds is 2. The van der Waals surface area contributed by atoms with Crippen LogP contribution >= 0.6 is 0 Å². The Labute approximate surface area is 111 Å². The molecular formula is C13H15N5O. The molecule has 3 heterocycles. The Hall–Kier alpha value is -2.24. The Morgan fingerprint density at radius 1 is 1.32 bits per heavy atom. The summed E-state index contributed by atoms with van der Waals surface area (Å²) in [7, 11) is 1.81. The first kappa shape index (κ1) is 11.8. The highest BCUT2D eigenvalue weighted by atomic mass is 16.2. The van der Waals surface area contributed by atoms with E-state index in [2.05, 4.69) is 15.3 Å². The minimum atomic E-state index is -0.226. The Balaban J connectivity index is 1.90. The molecule has 0 aliphatic carbocycles. The Morgan fingerprint density at radius 3 is 2.84 bits per heavy atom. The van der Waals surface area contributed by atoms with Gasteiger partial charge in [0.05, 0.1) is 11.9 Å². The molecule has 0 aromatic carbocycles. The second-order valence-corrected chi connectivity index (χ2v) is 4.81. The maximum Gasteiger partial charge on any atom is 0.247 e. The van der Waals surface area contributed by atoms with E-state index in [0.29, 0.717) is 5.69 Å². The highest BCUT2D eigenvalue weighted by Crippen LogP contribution is 2.23. The van der Waals surface area contributed by atoms with Crippen LogP contribution in [0.3, 0.4) is 0 Å². The topological polar surface area (TPSA) is 63.9 Å². The van der Waals surface area contributed by atoms with Crippen molar-refractivity contribution in [3.05, 3.63) is 30.1 Å². The van der Waals surface area contributed by atoms with Gasteiger partial charge in [0.1, 0.15) is 11.7 Å². The van der Waals surface area contributed by atoms with E-state index in [9.17, 15) is 4.79 Å². The lowest BCUT2D eigenvalue weighted by atomic mass is 10.2. The lowest BCUT2D eigenvalue weighted by Gasteiger charge is -2.09. The van der Waals surface area contributed by atoms with Crippen molar-refractivity contribution >= 4 is 5.91 Å². The SMILES string of the molecule is Cc1cccc(-c2cn(C3CCN(C)C3=O)nn2)n1. The van der Waals surface area contributed by atoms with Gasteiger partial charge in [0.15, 0.2) is 0 Å². The van der Waals surface area contributed by atoms with Crippen LogP contribution in [0.4, 0.5) is 0 Å². The monoisotopic (exact) mass is 257 g/mol. The summed E-state index contributed by atoms with van der Waals surface area (Å²) in [4.78, 5) is 18.1. The first-order valence-corrected chi connectivity index (χ1v) is 6.26. The molecule has 1 saturated heterocycles. The fourth-order valence-corrected chi connectivity index (χ4v) is 2.28. The predicted octanol–water partition coefficient (Wildman–Crippen LogP) is 1.05. The van der Waals surface area contributed by atoms with Crippen molar-refractivity contribution in [3.8, 4) is 11.4 Å². The molecule has 1 atom stereocenters. The van der Waals surface area contributed by atoms with E-state index in [4.69, 9.17) is 0 Å². The molecule has 0 spiro atoms. The number of hydrogen-bond acceptors (Lipinski definition) is 4. The average molecular weight is 257 g/mol. The second kappa shape index (κ2) is 4.46. The van der Waals surface area contributed by atoms with E-state index >= 15 is 0 Å². The van der Waals surface area contributed by atoms with Gasteiger partial charge in [0.25, 0.3) is 0 Å². The molecule has 1 amide bonds.